The largest absolute Gasteiger partial charge is 0.466 e. The monoisotopic (exact) mass is 405 g/mol. The van der Waals surface area contributed by atoms with E-state index in [1.165, 1.54) is 25.1 Å². The lowest BCUT2D eigenvalue weighted by Crippen LogP contribution is -2.32. The molecule has 0 unspecified atom stereocenters. The van der Waals surface area contributed by atoms with Gasteiger partial charge in [0.05, 0.1) is 11.3 Å². The van der Waals surface area contributed by atoms with E-state index < -0.39 is 28.8 Å². The third-order valence-electron chi connectivity index (χ3n) is 4.34. The number of benzene rings is 1. The molecule has 1 amide bonds. The summed E-state index contributed by atoms with van der Waals surface area (Å²) in [4.78, 5) is 24.7. The van der Waals surface area contributed by atoms with Gasteiger partial charge in [0, 0.05) is 23.9 Å². The predicted molar refractivity (Wildman–Crippen MR) is 98.9 cm³/mol. The van der Waals surface area contributed by atoms with Crippen LogP contribution in [0.5, 0.6) is 0 Å². The second-order valence-electron chi connectivity index (χ2n) is 6.55. The summed E-state index contributed by atoms with van der Waals surface area (Å²) in [5.41, 5.74) is -1.47. The molecule has 0 radical (unpaired) electrons. The number of aromatic nitrogens is 2. The van der Waals surface area contributed by atoms with Gasteiger partial charge in [-0.05, 0) is 39.0 Å². The van der Waals surface area contributed by atoms with Crippen molar-refractivity contribution in [3.05, 3.63) is 80.7 Å². The minimum absolute atomic E-state index is 0.0934. The van der Waals surface area contributed by atoms with Crippen molar-refractivity contribution in [3.8, 4) is 5.69 Å². The van der Waals surface area contributed by atoms with Gasteiger partial charge < -0.3 is 9.73 Å². The minimum Gasteiger partial charge on any atom is -0.466 e. The van der Waals surface area contributed by atoms with Crippen LogP contribution >= 0.6 is 0 Å². The number of nitrogens with zero attached hydrogens (tertiary/aromatic N) is 2. The lowest BCUT2D eigenvalue weighted by Gasteiger charge is -2.16. The molecule has 0 aliphatic heterocycles. The van der Waals surface area contributed by atoms with Gasteiger partial charge in [-0.25, -0.2) is 4.68 Å². The van der Waals surface area contributed by atoms with E-state index in [1.807, 2.05) is 0 Å². The van der Waals surface area contributed by atoms with Crippen molar-refractivity contribution in [3.63, 3.8) is 0 Å². The normalized spacial score (nSPS) is 11.5. The highest BCUT2D eigenvalue weighted by atomic mass is 19.4. The van der Waals surface area contributed by atoms with Crippen LogP contribution in [0.2, 0.25) is 0 Å². The van der Waals surface area contributed by atoms with Crippen molar-refractivity contribution >= 4 is 5.91 Å². The second-order valence-corrected chi connectivity index (χ2v) is 6.55. The summed E-state index contributed by atoms with van der Waals surface area (Å²) in [6.07, 6.45) is -4.62. The Balaban J connectivity index is 1.98. The molecule has 3 aromatic rings. The van der Waals surface area contributed by atoms with Gasteiger partial charge >= 0.3 is 6.18 Å². The van der Waals surface area contributed by atoms with Crippen molar-refractivity contribution in [2.75, 3.05) is 0 Å². The van der Waals surface area contributed by atoms with Gasteiger partial charge in [0.25, 0.3) is 5.91 Å². The number of furan rings is 1. The lowest BCUT2D eigenvalue weighted by molar-refractivity contribution is -0.137. The van der Waals surface area contributed by atoms with Crippen molar-refractivity contribution in [2.24, 2.45) is 0 Å². The van der Waals surface area contributed by atoms with Crippen molar-refractivity contribution in [2.45, 2.75) is 33.5 Å². The third-order valence-corrected chi connectivity index (χ3v) is 4.34. The number of hydrogen-bond donors (Lipinski definition) is 1. The molecule has 1 N–H and O–H groups in total. The van der Waals surface area contributed by atoms with Gasteiger partial charge in [0.1, 0.15) is 11.5 Å². The fourth-order valence-electron chi connectivity index (χ4n) is 2.96. The third kappa shape index (κ3) is 4.23. The Morgan fingerprint density at radius 1 is 1.17 bits per heavy atom. The van der Waals surface area contributed by atoms with Gasteiger partial charge in [-0.15, -0.1) is 0 Å². The average molecular weight is 405 g/mol. The lowest BCUT2D eigenvalue weighted by atomic mass is 10.1. The van der Waals surface area contributed by atoms with Crippen molar-refractivity contribution in [1.82, 2.24) is 15.1 Å². The molecule has 2 aromatic heterocycles. The highest BCUT2D eigenvalue weighted by molar-refractivity contribution is 5.92. The Morgan fingerprint density at radius 2 is 1.86 bits per heavy atom. The molecule has 0 spiro atoms. The molecule has 6 nitrogen and oxygen atoms in total. The Bertz CT molecular complexity index is 1130. The van der Waals surface area contributed by atoms with E-state index in [-0.39, 0.29) is 17.9 Å². The standard InChI is InChI=1S/C20H18F3N3O3/c1-11-8-17(27)18(19(28)24-10-14-9-12(2)29-13(14)3)25-26(11)16-7-5-4-6-15(16)20(21,22)23/h4-9H,10H2,1-3H3,(H,24,28). The molecule has 1 aromatic carbocycles. The van der Waals surface area contributed by atoms with Crippen LogP contribution in [0.15, 0.2) is 45.6 Å². The number of aryl methyl sites for hydroxylation is 3. The number of carbonyl (C=O) groups excluding carboxylic acids is 1. The van der Waals surface area contributed by atoms with Gasteiger partial charge in [0.2, 0.25) is 5.43 Å². The first-order valence-corrected chi connectivity index (χ1v) is 8.69. The predicted octanol–water partition coefficient (Wildman–Crippen LogP) is 3.70. The zero-order valence-corrected chi connectivity index (χ0v) is 15.9. The van der Waals surface area contributed by atoms with E-state index in [4.69, 9.17) is 4.42 Å². The number of rotatable bonds is 4. The van der Waals surface area contributed by atoms with Gasteiger partial charge in [-0.3, -0.25) is 9.59 Å². The fourth-order valence-corrected chi connectivity index (χ4v) is 2.96. The number of amides is 1. The first-order chi connectivity index (χ1) is 13.6. The van der Waals surface area contributed by atoms with Crippen LogP contribution in [-0.4, -0.2) is 15.7 Å². The summed E-state index contributed by atoms with van der Waals surface area (Å²) in [5.74, 6) is 0.508. The van der Waals surface area contributed by atoms with Crippen LogP contribution in [-0.2, 0) is 12.7 Å². The molecule has 152 valence electrons. The zero-order valence-electron chi connectivity index (χ0n) is 15.9. The topological polar surface area (TPSA) is 77.1 Å². The van der Waals surface area contributed by atoms with Crippen LogP contribution in [0.4, 0.5) is 13.2 Å². The highest BCUT2D eigenvalue weighted by Gasteiger charge is 2.34. The Kier molecular flexibility index (Phi) is 5.32. The summed E-state index contributed by atoms with van der Waals surface area (Å²) in [7, 11) is 0. The Hall–Kier alpha value is -3.36. The molecule has 0 bridgehead atoms. The summed E-state index contributed by atoms with van der Waals surface area (Å²) in [6, 6.07) is 7.66. The number of carbonyl (C=O) groups is 1. The minimum atomic E-state index is -4.62. The van der Waals surface area contributed by atoms with E-state index in [9.17, 15) is 22.8 Å². The summed E-state index contributed by atoms with van der Waals surface area (Å²) in [6.45, 7) is 5.03. The molecule has 29 heavy (non-hydrogen) atoms. The highest BCUT2D eigenvalue weighted by Crippen LogP contribution is 2.33. The number of para-hydroxylation sites is 1. The van der Waals surface area contributed by atoms with Crippen LogP contribution in [0.3, 0.4) is 0 Å². The van der Waals surface area contributed by atoms with Crippen LogP contribution in [0.1, 0.15) is 38.8 Å². The maximum absolute atomic E-state index is 13.4. The fraction of sp³-hybridized carbons (Fsp3) is 0.250. The van der Waals surface area contributed by atoms with Crippen molar-refractivity contribution < 1.29 is 22.4 Å². The number of halogens is 3. The Morgan fingerprint density at radius 3 is 2.48 bits per heavy atom. The maximum Gasteiger partial charge on any atom is 0.418 e. The molecule has 0 saturated heterocycles. The summed E-state index contributed by atoms with van der Waals surface area (Å²) < 4.78 is 46.4. The number of alkyl halides is 3. The van der Waals surface area contributed by atoms with Gasteiger partial charge in [-0.1, -0.05) is 12.1 Å². The van der Waals surface area contributed by atoms with E-state index in [0.717, 1.165) is 22.4 Å². The molecule has 9 heteroatoms. The quantitative estimate of drug-likeness (QED) is 0.718. The molecule has 0 aliphatic carbocycles. The smallest absolute Gasteiger partial charge is 0.418 e. The molecule has 0 saturated carbocycles. The molecule has 0 atom stereocenters. The van der Waals surface area contributed by atoms with Crippen molar-refractivity contribution in [1.29, 1.82) is 0 Å². The molecule has 2 heterocycles. The Labute approximate surface area is 164 Å². The maximum atomic E-state index is 13.4. The van der Waals surface area contributed by atoms with Crippen LogP contribution in [0, 0.1) is 20.8 Å². The van der Waals surface area contributed by atoms with Crippen LogP contribution in [0.25, 0.3) is 5.69 Å². The van der Waals surface area contributed by atoms with E-state index >= 15 is 0 Å². The van der Waals surface area contributed by atoms with Gasteiger partial charge in [-0.2, -0.15) is 18.3 Å². The average Bonchev–Trinajstić information content (AvgIpc) is 2.96. The molecule has 0 fully saturated rings. The van der Waals surface area contributed by atoms with Gasteiger partial charge in [0.15, 0.2) is 5.69 Å². The first-order valence-electron chi connectivity index (χ1n) is 8.69. The number of nitrogens with one attached hydrogen (secondary N) is 1. The molecule has 3 rings (SSSR count). The zero-order chi connectivity index (χ0) is 21.3. The SMILES string of the molecule is Cc1cc(CNC(=O)c2nn(-c3ccccc3C(F)(F)F)c(C)cc2=O)c(C)o1. The summed E-state index contributed by atoms with van der Waals surface area (Å²) >= 11 is 0. The second kappa shape index (κ2) is 7.57. The first kappa shape index (κ1) is 20.4. The van der Waals surface area contributed by atoms with Crippen LogP contribution < -0.4 is 10.7 Å². The van der Waals surface area contributed by atoms with E-state index in [1.54, 1.807) is 19.9 Å². The van der Waals surface area contributed by atoms with E-state index in [0.29, 0.717) is 11.5 Å². The molecular formula is C20H18F3N3O3. The molecule has 0 aliphatic rings. The molecular weight excluding hydrogens is 387 g/mol. The van der Waals surface area contributed by atoms with E-state index in [2.05, 4.69) is 10.4 Å². The summed E-state index contributed by atoms with van der Waals surface area (Å²) in [5, 5.41) is 6.48. The number of hydrogen-bond acceptors (Lipinski definition) is 4.